The van der Waals surface area contributed by atoms with E-state index < -0.39 is 0 Å². The van der Waals surface area contributed by atoms with Crippen LogP contribution in [-0.2, 0) is 6.54 Å². The van der Waals surface area contributed by atoms with Gasteiger partial charge in [-0.25, -0.2) is 4.98 Å². The second-order valence-electron chi connectivity index (χ2n) is 5.64. The van der Waals surface area contributed by atoms with Crippen LogP contribution in [0.1, 0.15) is 46.2 Å². The first-order valence-electron chi connectivity index (χ1n) is 6.20. The molecule has 92 valence electrons. The number of nitrogens with zero attached hydrogens (tertiary/aromatic N) is 2. The Balaban J connectivity index is 2.63. The largest absolute Gasteiger partial charge is 0.356 e. The summed E-state index contributed by atoms with van der Waals surface area (Å²) in [6.45, 7) is 13.1. The van der Waals surface area contributed by atoms with Crippen molar-refractivity contribution in [3.63, 3.8) is 0 Å². The summed E-state index contributed by atoms with van der Waals surface area (Å²) < 4.78 is 2.23. The van der Waals surface area contributed by atoms with Crippen LogP contribution in [0.4, 0.5) is 5.95 Å². The molecule has 0 aliphatic carbocycles. The Hall–Kier alpha value is -0.990. The van der Waals surface area contributed by atoms with Crippen LogP contribution in [0.15, 0.2) is 6.20 Å². The predicted octanol–water partition coefficient (Wildman–Crippen LogP) is 3.45. The highest BCUT2D eigenvalue weighted by Gasteiger charge is 2.12. The lowest BCUT2D eigenvalue weighted by atomic mass is 9.92. The SMILES string of the molecule is CCCNc1nc(C)cn1CCC(C)(C)C. The van der Waals surface area contributed by atoms with E-state index in [1.165, 1.54) is 6.42 Å². The molecule has 0 aromatic carbocycles. The Labute approximate surface area is 99.3 Å². The van der Waals surface area contributed by atoms with Crippen molar-refractivity contribution in [2.24, 2.45) is 5.41 Å². The number of hydrogen-bond acceptors (Lipinski definition) is 2. The van der Waals surface area contributed by atoms with E-state index in [9.17, 15) is 0 Å². The van der Waals surface area contributed by atoms with E-state index in [0.717, 1.165) is 31.2 Å². The lowest BCUT2D eigenvalue weighted by Gasteiger charge is -2.19. The quantitative estimate of drug-likeness (QED) is 0.828. The minimum Gasteiger partial charge on any atom is -0.356 e. The first-order chi connectivity index (χ1) is 7.42. The molecule has 0 bridgehead atoms. The molecule has 0 spiro atoms. The summed E-state index contributed by atoms with van der Waals surface area (Å²) in [7, 11) is 0. The van der Waals surface area contributed by atoms with Crippen molar-refractivity contribution >= 4 is 5.95 Å². The zero-order valence-corrected chi connectivity index (χ0v) is 11.3. The highest BCUT2D eigenvalue weighted by atomic mass is 15.2. The Morgan fingerprint density at radius 2 is 2.06 bits per heavy atom. The molecule has 1 rings (SSSR count). The summed E-state index contributed by atoms with van der Waals surface area (Å²) in [5, 5.41) is 3.37. The number of nitrogens with one attached hydrogen (secondary N) is 1. The first-order valence-corrected chi connectivity index (χ1v) is 6.20. The summed E-state index contributed by atoms with van der Waals surface area (Å²) in [5.41, 5.74) is 1.47. The number of rotatable bonds is 5. The topological polar surface area (TPSA) is 29.9 Å². The molecule has 0 aliphatic rings. The lowest BCUT2D eigenvalue weighted by molar-refractivity contribution is 0.351. The Bertz CT molecular complexity index is 320. The molecule has 0 amide bonds. The van der Waals surface area contributed by atoms with Crippen molar-refractivity contribution in [1.29, 1.82) is 0 Å². The van der Waals surface area contributed by atoms with Gasteiger partial charge in [0, 0.05) is 19.3 Å². The molecule has 1 heterocycles. The molecule has 3 nitrogen and oxygen atoms in total. The molecule has 0 unspecified atom stereocenters. The normalized spacial score (nSPS) is 11.8. The Morgan fingerprint density at radius 3 is 2.62 bits per heavy atom. The summed E-state index contributed by atoms with van der Waals surface area (Å²) >= 11 is 0. The summed E-state index contributed by atoms with van der Waals surface area (Å²) in [6, 6.07) is 0. The summed E-state index contributed by atoms with van der Waals surface area (Å²) in [4.78, 5) is 4.50. The molecule has 3 heteroatoms. The average molecular weight is 223 g/mol. The van der Waals surface area contributed by atoms with Crippen molar-refractivity contribution in [3.8, 4) is 0 Å². The second kappa shape index (κ2) is 5.37. The van der Waals surface area contributed by atoms with Gasteiger partial charge in [0.15, 0.2) is 0 Å². The van der Waals surface area contributed by atoms with Crippen LogP contribution in [0, 0.1) is 12.3 Å². The molecule has 0 fully saturated rings. The Morgan fingerprint density at radius 1 is 1.38 bits per heavy atom. The van der Waals surface area contributed by atoms with Gasteiger partial charge in [-0.3, -0.25) is 0 Å². The Kier molecular flexibility index (Phi) is 4.39. The van der Waals surface area contributed by atoms with Crippen molar-refractivity contribution in [3.05, 3.63) is 11.9 Å². The fourth-order valence-electron chi connectivity index (χ4n) is 1.55. The third-order valence-electron chi connectivity index (χ3n) is 2.53. The van der Waals surface area contributed by atoms with Crippen LogP contribution >= 0.6 is 0 Å². The molecular formula is C13H25N3. The molecular weight excluding hydrogens is 198 g/mol. The summed E-state index contributed by atoms with van der Waals surface area (Å²) in [6.07, 6.45) is 4.43. The lowest BCUT2D eigenvalue weighted by Crippen LogP contribution is -2.13. The highest BCUT2D eigenvalue weighted by molar-refractivity contribution is 5.28. The van der Waals surface area contributed by atoms with Crippen molar-refractivity contribution < 1.29 is 0 Å². The van der Waals surface area contributed by atoms with Gasteiger partial charge in [-0.1, -0.05) is 27.7 Å². The van der Waals surface area contributed by atoms with E-state index >= 15 is 0 Å². The van der Waals surface area contributed by atoms with Crippen LogP contribution in [0.25, 0.3) is 0 Å². The summed E-state index contributed by atoms with van der Waals surface area (Å²) in [5.74, 6) is 1.02. The van der Waals surface area contributed by atoms with Gasteiger partial charge in [0.1, 0.15) is 0 Å². The fourth-order valence-corrected chi connectivity index (χ4v) is 1.55. The fraction of sp³-hybridized carbons (Fsp3) is 0.769. The van der Waals surface area contributed by atoms with Gasteiger partial charge < -0.3 is 9.88 Å². The maximum absolute atomic E-state index is 4.50. The van der Waals surface area contributed by atoms with Crippen LogP contribution in [0.5, 0.6) is 0 Å². The second-order valence-corrected chi connectivity index (χ2v) is 5.64. The number of anilines is 1. The molecule has 0 atom stereocenters. The molecule has 16 heavy (non-hydrogen) atoms. The monoisotopic (exact) mass is 223 g/mol. The molecule has 0 radical (unpaired) electrons. The van der Waals surface area contributed by atoms with Gasteiger partial charge in [-0.15, -0.1) is 0 Å². The van der Waals surface area contributed by atoms with Gasteiger partial charge in [-0.2, -0.15) is 0 Å². The molecule has 0 saturated heterocycles. The average Bonchev–Trinajstić information content (AvgIpc) is 2.52. The number of aryl methyl sites for hydroxylation is 2. The number of aromatic nitrogens is 2. The number of hydrogen-bond donors (Lipinski definition) is 1. The van der Waals surface area contributed by atoms with Crippen molar-refractivity contribution in [2.45, 2.75) is 54.0 Å². The zero-order chi connectivity index (χ0) is 12.2. The molecule has 1 aromatic heterocycles. The van der Waals surface area contributed by atoms with E-state index in [4.69, 9.17) is 0 Å². The number of imidazole rings is 1. The van der Waals surface area contributed by atoms with E-state index in [1.807, 2.05) is 6.92 Å². The van der Waals surface area contributed by atoms with Gasteiger partial charge >= 0.3 is 0 Å². The van der Waals surface area contributed by atoms with Crippen molar-refractivity contribution in [2.75, 3.05) is 11.9 Å². The van der Waals surface area contributed by atoms with E-state index in [-0.39, 0.29) is 0 Å². The standard InChI is InChI=1S/C13H25N3/c1-6-8-14-12-15-11(2)10-16(12)9-7-13(3,4)5/h10H,6-9H2,1-5H3,(H,14,15). The third kappa shape index (κ3) is 4.25. The zero-order valence-electron chi connectivity index (χ0n) is 11.3. The third-order valence-corrected chi connectivity index (χ3v) is 2.53. The van der Waals surface area contributed by atoms with E-state index in [1.54, 1.807) is 0 Å². The molecule has 0 saturated carbocycles. The van der Waals surface area contributed by atoms with Gasteiger partial charge in [0.25, 0.3) is 0 Å². The van der Waals surface area contributed by atoms with Gasteiger partial charge in [-0.05, 0) is 25.2 Å². The van der Waals surface area contributed by atoms with Gasteiger partial charge in [0.05, 0.1) is 5.69 Å². The van der Waals surface area contributed by atoms with Gasteiger partial charge in [0.2, 0.25) is 5.95 Å². The van der Waals surface area contributed by atoms with Crippen LogP contribution in [-0.4, -0.2) is 16.1 Å². The first kappa shape index (κ1) is 13.1. The molecule has 1 N–H and O–H groups in total. The van der Waals surface area contributed by atoms with E-state index in [2.05, 4.69) is 48.8 Å². The maximum Gasteiger partial charge on any atom is 0.203 e. The highest BCUT2D eigenvalue weighted by Crippen LogP contribution is 2.21. The van der Waals surface area contributed by atoms with Crippen molar-refractivity contribution in [1.82, 2.24) is 9.55 Å². The van der Waals surface area contributed by atoms with Crippen LogP contribution in [0.3, 0.4) is 0 Å². The predicted molar refractivity (Wildman–Crippen MR) is 69.8 cm³/mol. The molecule has 1 aromatic rings. The van der Waals surface area contributed by atoms with Crippen LogP contribution < -0.4 is 5.32 Å². The van der Waals surface area contributed by atoms with Crippen LogP contribution in [0.2, 0.25) is 0 Å². The smallest absolute Gasteiger partial charge is 0.203 e. The maximum atomic E-state index is 4.50. The minimum atomic E-state index is 0.375. The minimum absolute atomic E-state index is 0.375. The molecule has 0 aliphatic heterocycles. The van der Waals surface area contributed by atoms with E-state index in [0.29, 0.717) is 5.41 Å².